The van der Waals surface area contributed by atoms with Gasteiger partial charge in [-0.2, -0.15) is 4.31 Å². The van der Waals surface area contributed by atoms with Gasteiger partial charge in [-0.15, -0.1) is 0 Å². The third-order valence-corrected chi connectivity index (χ3v) is 5.31. The molecule has 0 unspecified atom stereocenters. The fourth-order valence-electron chi connectivity index (χ4n) is 2.18. The molecule has 0 atom stereocenters. The second-order valence-electron chi connectivity index (χ2n) is 4.66. The lowest BCUT2D eigenvalue weighted by atomic mass is 10.1. The lowest BCUT2D eigenvalue weighted by molar-refractivity contribution is 0.0729. The van der Waals surface area contributed by atoms with Crippen molar-refractivity contribution in [3.05, 3.63) is 23.8 Å². The van der Waals surface area contributed by atoms with Gasteiger partial charge in [-0.25, -0.2) is 8.42 Å². The number of ether oxygens (including phenoxy) is 2. The molecule has 116 valence electrons. The highest BCUT2D eigenvalue weighted by Crippen LogP contribution is 2.28. The number of nitrogens with zero attached hydrogens (tertiary/aromatic N) is 1. The van der Waals surface area contributed by atoms with Crippen LogP contribution in [0.25, 0.3) is 0 Å². The number of ketones is 1. The Kier molecular flexibility index (Phi) is 4.97. The Bertz CT molecular complexity index is 620. The van der Waals surface area contributed by atoms with Crippen LogP contribution in [0.1, 0.15) is 23.7 Å². The van der Waals surface area contributed by atoms with Gasteiger partial charge >= 0.3 is 0 Å². The molecule has 1 aliphatic rings. The van der Waals surface area contributed by atoms with Crippen LogP contribution >= 0.6 is 0 Å². The quantitative estimate of drug-likeness (QED) is 0.766. The summed E-state index contributed by atoms with van der Waals surface area (Å²) in [5, 5.41) is 0. The van der Waals surface area contributed by atoms with Gasteiger partial charge < -0.3 is 9.47 Å². The first-order chi connectivity index (χ1) is 10.0. The molecule has 21 heavy (non-hydrogen) atoms. The van der Waals surface area contributed by atoms with Gasteiger partial charge in [0.25, 0.3) is 0 Å². The molecule has 1 aromatic rings. The largest absolute Gasteiger partial charge is 0.495 e. The van der Waals surface area contributed by atoms with Gasteiger partial charge in [0.1, 0.15) is 10.6 Å². The van der Waals surface area contributed by atoms with E-state index in [1.54, 1.807) is 13.0 Å². The zero-order valence-electron chi connectivity index (χ0n) is 12.2. The van der Waals surface area contributed by atoms with Crippen molar-refractivity contribution in [2.24, 2.45) is 0 Å². The Labute approximate surface area is 124 Å². The predicted octanol–water partition coefficient (Wildman–Crippen LogP) is 1.31. The molecule has 0 aromatic heterocycles. The van der Waals surface area contributed by atoms with Crippen LogP contribution in [-0.4, -0.2) is 51.9 Å². The molecule has 0 bridgehead atoms. The molecule has 7 heteroatoms. The van der Waals surface area contributed by atoms with E-state index >= 15 is 0 Å². The monoisotopic (exact) mass is 313 g/mol. The molecule has 1 fully saturated rings. The Morgan fingerprint density at radius 3 is 2.57 bits per heavy atom. The van der Waals surface area contributed by atoms with Crippen molar-refractivity contribution in [1.29, 1.82) is 0 Å². The number of carbonyl (C=O) groups excluding carboxylic acids is 1. The van der Waals surface area contributed by atoms with Crippen LogP contribution in [0.5, 0.6) is 5.75 Å². The Morgan fingerprint density at radius 2 is 2.00 bits per heavy atom. The number of benzene rings is 1. The average molecular weight is 313 g/mol. The molecule has 1 saturated heterocycles. The molecular weight excluding hydrogens is 294 g/mol. The summed E-state index contributed by atoms with van der Waals surface area (Å²) in [5.41, 5.74) is 0.380. The molecule has 0 N–H and O–H groups in total. The van der Waals surface area contributed by atoms with E-state index in [1.807, 2.05) is 0 Å². The second kappa shape index (κ2) is 6.55. The number of sulfonamides is 1. The lowest BCUT2D eigenvalue weighted by Crippen LogP contribution is -2.40. The number of rotatable bonds is 5. The van der Waals surface area contributed by atoms with Gasteiger partial charge in [-0.05, 0) is 18.2 Å². The van der Waals surface area contributed by atoms with Crippen LogP contribution < -0.4 is 4.74 Å². The molecule has 1 aliphatic heterocycles. The van der Waals surface area contributed by atoms with E-state index in [0.717, 1.165) is 0 Å². The second-order valence-corrected chi connectivity index (χ2v) is 6.57. The van der Waals surface area contributed by atoms with Gasteiger partial charge in [0.2, 0.25) is 10.0 Å². The van der Waals surface area contributed by atoms with Crippen LogP contribution in [0.2, 0.25) is 0 Å². The fourth-order valence-corrected chi connectivity index (χ4v) is 3.77. The maximum Gasteiger partial charge on any atom is 0.246 e. The number of Topliss-reactive ketones (excluding diaryl/α,β-unsaturated/α-hetero) is 1. The minimum Gasteiger partial charge on any atom is -0.495 e. The van der Waals surface area contributed by atoms with Crippen LogP contribution in [0.3, 0.4) is 0 Å². The average Bonchev–Trinajstić information content (AvgIpc) is 2.54. The summed E-state index contributed by atoms with van der Waals surface area (Å²) in [6, 6.07) is 4.51. The molecule has 1 heterocycles. The predicted molar refractivity (Wildman–Crippen MR) is 77.2 cm³/mol. The van der Waals surface area contributed by atoms with Crippen molar-refractivity contribution in [2.45, 2.75) is 18.2 Å². The molecule has 6 nitrogen and oxygen atoms in total. The van der Waals surface area contributed by atoms with Crippen molar-refractivity contribution in [3.8, 4) is 5.75 Å². The Balaban J connectivity index is 2.46. The van der Waals surface area contributed by atoms with E-state index in [4.69, 9.17) is 9.47 Å². The summed E-state index contributed by atoms with van der Waals surface area (Å²) in [4.78, 5) is 11.8. The summed E-state index contributed by atoms with van der Waals surface area (Å²) in [6.07, 6.45) is 0.323. The minimum absolute atomic E-state index is 0.0335. The van der Waals surface area contributed by atoms with Gasteiger partial charge in [0.15, 0.2) is 5.78 Å². The highest BCUT2D eigenvalue weighted by atomic mass is 32.2. The number of hydrogen-bond acceptors (Lipinski definition) is 5. The van der Waals surface area contributed by atoms with Gasteiger partial charge in [-0.3, -0.25) is 4.79 Å². The van der Waals surface area contributed by atoms with E-state index in [0.29, 0.717) is 38.3 Å². The first-order valence-electron chi connectivity index (χ1n) is 6.80. The number of carbonyl (C=O) groups is 1. The zero-order chi connectivity index (χ0) is 15.5. The molecule has 0 amide bonds. The third kappa shape index (κ3) is 3.25. The lowest BCUT2D eigenvalue weighted by Gasteiger charge is -2.26. The normalized spacial score (nSPS) is 16.7. The Hall–Kier alpha value is -1.44. The van der Waals surface area contributed by atoms with Crippen molar-refractivity contribution in [1.82, 2.24) is 4.31 Å². The zero-order valence-corrected chi connectivity index (χ0v) is 13.0. The Morgan fingerprint density at radius 1 is 1.33 bits per heavy atom. The van der Waals surface area contributed by atoms with Crippen molar-refractivity contribution in [3.63, 3.8) is 0 Å². The van der Waals surface area contributed by atoms with Crippen LogP contribution in [0.4, 0.5) is 0 Å². The maximum atomic E-state index is 12.7. The summed E-state index contributed by atoms with van der Waals surface area (Å²) in [5.74, 6) is 0.144. The van der Waals surface area contributed by atoms with Crippen LogP contribution in [0, 0.1) is 0 Å². The molecule has 0 aliphatic carbocycles. The van der Waals surface area contributed by atoms with Gasteiger partial charge in [-0.1, -0.05) is 6.92 Å². The van der Waals surface area contributed by atoms with Crippen molar-refractivity contribution in [2.75, 3.05) is 33.4 Å². The standard InChI is InChI=1S/C14H19NO5S/c1-3-12(16)11-4-5-13(19-2)14(10-11)21(17,18)15-6-8-20-9-7-15/h4-5,10H,3,6-9H2,1-2H3. The van der Waals surface area contributed by atoms with Crippen LogP contribution in [0.15, 0.2) is 23.1 Å². The smallest absolute Gasteiger partial charge is 0.246 e. The minimum atomic E-state index is -3.69. The number of morpholine rings is 1. The van der Waals surface area contributed by atoms with E-state index in [9.17, 15) is 13.2 Å². The fraction of sp³-hybridized carbons (Fsp3) is 0.500. The first kappa shape index (κ1) is 15.9. The van der Waals surface area contributed by atoms with E-state index in [2.05, 4.69) is 0 Å². The molecule has 0 spiro atoms. The van der Waals surface area contributed by atoms with E-state index < -0.39 is 10.0 Å². The maximum absolute atomic E-state index is 12.7. The van der Waals surface area contributed by atoms with Crippen molar-refractivity contribution < 1.29 is 22.7 Å². The molecule has 0 saturated carbocycles. The van der Waals surface area contributed by atoms with Gasteiger partial charge in [0.05, 0.1) is 20.3 Å². The molecular formula is C14H19NO5S. The van der Waals surface area contributed by atoms with E-state index in [-0.39, 0.29) is 16.4 Å². The first-order valence-corrected chi connectivity index (χ1v) is 8.24. The number of methoxy groups -OCH3 is 1. The van der Waals surface area contributed by atoms with E-state index in [1.165, 1.54) is 23.5 Å². The van der Waals surface area contributed by atoms with Gasteiger partial charge in [0, 0.05) is 25.1 Å². The summed E-state index contributed by atoms with van der Waals surface area (Å²) in [6.45, 7) is 3.09. The highest BCUT2D eigenvalue weighted by molar-refractivity contribution is 7.89. The topological polar surface area (TPSA) is 72.9 Å². The summed E-state index contributed by atoms with van der Waals surface area (Å²) in [7, 11) is -2.28. The highest BCUT2D eigenvalue weighted by Gasteiger charge is 2.29. The SMILES string of the molecule is CCC(=O)c1ccc(OC)c(S(=O)(=O)N2CCOCC2)c1. The van der Waals surface area contributed by atoms with Crippen LogP contribution in [-0.2, 0) is 14.8 Å². The third-order valence-electron chi connectivity index (χ3n) is 3.39. The molecule has 0 radical (unpaired) electrons. The molecule has 1 aromatic carbocycles. The molecule has 2 rings (SSSR count). The summed E-state index contributed by atoms with van der Waals surface area (Å²) < 4.78 is 37.1. The van der Waals surface area contributed by atoms with Crippen molar-refractivity contribution >= 4 is 15.8 Å². The number of hydrogen-bond donors (Lipinski definition) is 0. The summed E-state index contributed by atoms with van der Waals surface area (Å²) >= 11 is 0.